The van der Waals surface area contributed by atoms with Gasteiger partial charge in [0.1, 0.15) is 5.25 Å². The molecule has 2 atom stereocenters. The Morgan fingerprint density at radius 3 is 2.63 bits per heavy atom. The molecule has 0 spiro atoms. The molecule has 2 heterocycles. The van der Waals surface area contributed by atoms with Gasteiger partial charge in [-0.2, -0.15) is 0 Å². The van der Waals surface area contributed by atoms with E-state index in [4.69, 9.17) is 11.6 Å². The van der Waals surface area contributed by atoms with Gasteiger partial charge >= 0.3 is 0 Å². The SMILES string of the molecule is CC(c1ccnc(N[C@@H](C)c2cc3cc(Cl)ccc3[nH]c2=O)n1)S(C)(=O)=O. The van der Waals surface area contributed by atoms with Crippen LogP contribution in [0.15, 0.2) is 41.3 Å². The van der Waals surface area contributed by atoms with Crippen molar-refractivity contribution in [1.29, 1.82) is 0 Å². The third kappa shape index (κ3) is 4.28. The van der Waals surface area contributed by atoms with Crippen molar-refractivity contribution in [2.75, 3.05) is 11.6 Å². The van der Waals surface area contributed by atoms with E-state index in [0.717, 1.165) is 11.6 Å². The van der Waals surface area contributed by atoms with Crippen LogP contribution in [0, 0.1) is 0 Å². The number of fused-ring (bicyclic) bond motifs is 1. The van der Waals surface area contributed by atoms with Gasteiger partial charge in [-0.25, -0.2) is 18.4 Å². The first-order valence-corrected chi connectivity index (χ1v) is 10.6. The Morgan fingerprint density at radius 2 is 1.93 bits per heavy atom. The van der Waals surface area contributed by atoms with Gasteiger partial charge in [0.2, 0.25) is 5.95 Å². The summed E-state index contributed by atoms with van der Waals surface area (Å²) >= 11 is 6.03. The van der Waals surface area contributed by atoms with Crippen molar-refractivity contribution in [2.45, 2.75) is 25.1 Å². The molecule has 0 aliphatic heterocycles. The minimum atomic E-state index is -3.27. The molecule has 3 aromatic rings. The minimum absolute atomic E-state index is 0.231. The van der Waals surface area contributed by atoms with Crippen LogP contribution in [0.5, 0.6) is 0 Å². The van der Waals surface area contributed by atoms with Gasteiger partial charge in [0.25, 0.3) is 5.56 Å². The number of nitrogens with one attached hydrogen (secondary N) is 2. The van der Waals surface area contributed by atoms with E-state index in [0.29, 0.717) is 21.8 Å². The van der Waals surface area contributed by atoms with E-state index in [-0.39, 0.29) is 11.5 Å². The van der Waals surface area contributed by atoms with E-state index in [2.05, 4.69) is 20.3 Å². The first kappa shape index (κ1) is 19.3. The molecule has 0 aliphatic rings. The second-order valence-electron chi connectivity index (χ2n) is 6.43. The van der Waals surface area contributed by atoms with Crippen LogP contribution in [-0.4, -0.2) is 29.6 Å². The Labute approximate surface area is 161 Å². The fraction of sp³-hybridized carbons (Fsp3) is 0.278. The summed E-state index contributed by atoms with van der Waals surface area (Å²) in [4.78, 5) is 23.6. The highest BCUT2D eigenvalue weighted by atomic mass is 35.5. The number of pyridine rings is 1. The Hall–Kier alpha value is -2.45. The molecular formula is C18H19ClN4O3S. The van der Waals surface area contributed by atoms with Gasteiger partial charge in [-0.1, -0.05) is 11.6 Å². The molecule has 9 heteroatoms. The van der Waals surface area contributed by atoms with E-state index in [9.17, 15) is 13.2 Å². The average molecular weight is 407 g/mol. The predicted molar refractivity (Wildman–Crippen MR) is 107 cm³/mol. The number of aromatic nitrogens is 3. The lowest BCUT2D eigenvalue weighted by atomic mass is 10.1. The number of halogens is 1. The van der Waals surface area contributed by atoms with Crippen LogP contribution in [0.25, 0.3) is 10.9 Å². The molecule has 2 N–H and O–H groups in total. The maximum Gasteiger partial charge on any atom is 0.253 e. The monoisotopic (exact) mass is 406 g/mol. The first-order valence-electron chi connectivity index (χ1n) is 8.26. The van der Waals surface area contributed by atoms with Crippen molar-refractivity contribution in [1.82, 2.24) is 15.0 Å². The number of anilines is 1. The lowest BCUT2D eigenvalue weighted by Gasteiger charge is -2.15. The quantitative estimate of drug-likeness (QED) is 0.673. The molecule has 1 aromatic carbocycles. The summed E-state index contributed by atoms with van der Waals surface area (Å²) in [5, 5.41) is 3.69. The summed E-state index contributed by atoms with van der Waals surface area (Å²) in [6.07, 6.45) is 2.65. The molecule has 0 radical (unpaired) electrons. The van der Waals surface area contributed by atoms with Gasteiger partial charge in [-0.05, 0) is 44.2 Å². The van der Waals surface area contributed by atoms with Crippen LogP contribution in [0.4, 0.5) is 5.95 Å². The molecule has 0 saturated heterocycles. The fourth-order valence-electron chi connectivity index (χ4n) is 2.68. The number of benzene rings is 1. The smallest absolute Gasteiger partial charge is 0.253 e. The van der Waals surface area contributed by atoms with Crippen LogP contribution >= 0.6 is 11.6 Å². The van der Waals surface area contributed by atoms with Crippen LogP contribution in [0.1, 0.15) is 36.4 Å². The lowest BCUT2D eigenvalue weighted by molar-refractivity contribution is 0.591. The zero-order valence-electron chi connectivity index (χ0n) is 15.0. The third-order valence-electron chi connectivity index (χ3n) is 4.38. The molecule has 2 aromatic heterocycles. The normalized spacial score (nSPS) is 14.1. The van der Waals surface area contributed by atoms with Gasteiger partial charge in [0.15, 0.2) is 9.84 Å². The van der Waals surface area contributed by atoms with Gasteiger partial charge in [-0.15, -0.1) is 0 Å². The fourth-order valence-corrected chi connectivity index (χ4v) is 3.43. The van der Waals surface area contributed by atoms with Crippen molar-refractivity contribution < 1.29 is 8.42 Å². The standard InChI is InChI=1S/C18H19ClN4O3S/c1-10(14-9-12-8-13(19)4-5-16(12)22-17(14)24)21-18-20-7-6-15(23-18)11(2)27(3,25)26/h4-11H,1-3H3,(H,22,24)(H,20,21,23)/t10-,11?/m0/s1. The predicted octanol–water partition coefficient (Wildman–Crippen LogP) is 3.25. The van der Waals surface area contributed by atoms with Gasteiger partial charge in [0, 0.05) is 33.9 Å². The largest absolute Gasteiger partial charge is 0.347 e. The molecule has 3 rings (SSSR count). The summed E-state index contributed by atoms with van der Waals surface area (Å²) < 4.78 is 23.5. The lowest BCUT2D eigenvalue weighted by Crippen LogP contribution is -2.20. The number of aromatic amines is 1. The molecule has 0 aliphatic carbocycles. The summed E-state index contributed by atoms with van der Waals surface area (Å²) in [5.41, 5.74) is 1.35. The third-order valence-corrected chi connectivity index (χ3v) is 6.14. The molecular weight excluding hydrogens is 388 g/mol. The van der Waals surface area contributed by atoms with Crippen LogP contribution in [-0.2, 0) is 9.84 Å². The van der Waals surface area contributed by atoms with Crippen molar-refractivity contribution in [3.63, 3.8) is 0 Å². The molecule has 0 bridgehead atoms. The zero-order chi connectivity index (χ0) is 19.8. The van der Waals surface area contributed by atoms with E-state index in [1.54, 1.807) is 44.2 Å². The Kier molecular flexibility index (Phi) is 5.21. The average Bonchev–Trinajstić information content (AvgIpc) is 2.60. The topological polar surface area (TPSA) is 105 Å². The van der Waals surface area contributed by atoms with E-state index in [1.165, 1.54) is 6.20 Å². The Balaban J connectivity index is 1.92. The second-order valence-corrected chi connectivity index (χ2v) is 9.23. The second kappa shape index (κ2) is 7.28. The Morgan fingerprint density at radius 1 is 1.19 bits per heavy atom. The molecule has 1 unspecified atom stereocenters. The van der Waals surface area contributed by atoms with Gasteiger partial charge < -0.3 is 10.3 Å². The van der Waals surface area contributed by atoms with Crippen LogP contribution < -0.4 is 10.9 Å². The van der Waals surface area contributed by atoms with Crippen molar-refractivity contribution >= 4 is 38.3 Å². The molecule has 0 amide bonds. The maximum atomic E-state index is 12.4. The molecule has 142 valence electrons. The highest BCUT2D eigenvalue weighted by molar-refractivity contribution is 7.90. The number of sulfone groups is 1. The number of hydrogen-bond donors (Lipinski definition) is 2. The first-order chi connectivity index (χ1) is 12.6. The van der Waals surface area contributed by atoms with Crippen LogP contribution in [0.3, 0.4) is 0 Å². The van der Waals surface area contributed by atoms with Crippen LogP contribution in [0.2, 0.25) is 5.02 Å². The highest BCUT2D eigenvalue weighted by Gasteiger charge is 2.20. The number of rotatable bonds is 5. The summed E-state index contributed by atoms with van der Waals surface area (Å²) in [7, 11) is -3.27. The van der Waals surface area contributed by atoms with Gasteiger partial charge in [0.05, 0.1) is 11.7 Å². The minimum Gasteiger partial charge on any atom is -0.347 e. The maximum absolute atomic E-state index is 12.4. The zero-order valence-corrected chi connectivity index (χ0v) is 16.6. The number of H-pyrrole nitrogens is 1. The van der Waals surface area contributed by atoms with E-state index in [1.807, 2.05) is 0 Å². The van der Waals surface area contributed by atoms with Crippen molar-refractivity contribution in [3.05, 3.63) is 63.2 Å². The van der Waals surface area contributed by atoms with Crippen molar-refractivity contribution in [3.8, 4) is 0 Å². The molecule has 27 heavy (non-hydrogen) atoms. The summed E-state index contributed by atoms with van der Waals surface area (Å²) in [5.74, 6) is 0.251. The number of hydrogen-bond acceptors (Lipinski definition) is 6. The summed E-state index contributed by atoms with van der Waals surface area (Å²) in [6, 6.07) is 8.16. The van der Waals surface area contributed by atoms with E-state index < -0.39 is 21.1 Å². The highest BCUT2D eigenvalue weighted by Crippen LogP contribution is 2.22. The number of nitrogens with zero attached hydrogens (tertiary/aromatic N) is 2. The molecule has 7 nitrogen and oxygen atoms in total. The van der Waals surface area contributed by atoms with E-state index >= 15 is 0 Å². The Bertz CT molecular complexity index is 1160. The van der Waals surface area contributed by atoms with Gasteiger partial charge in [-0.3, -0.25) is 4.79 Å². The van der Waals surface area contributed by atoms with Crippen molar-refractivity contribution in [2.24, 2.45) is 0 Å². The summed E-state index contributed by atoms with van der Waals surface area (Å²) in [6.45, 7) is 3.37. The molecule has 0 saturated carbocycles. The molecule has 0 fully saturated rings.